The summed E-state index contributed by atoms with van der Waals surface area (Å²) in [7, 11) is 0. The number of hydrogen-bond acceptors (Lipinski definition) is 4. The molecule has 116 valence electrons. The van der Waals surface area contributed by atoms with Crippen LogP contribution in [0.5, 0.6) is 0 Å². The third-order valence-electron chi connectivity index (χ3n) is 3.10. The Morgan fingerprint density at radius 1 is 1.04 bits per heavy atom. The maximum atomic E-state index is 6.28. The molecule has 0 spiro atoms. The van der Waals surface area contributed by atoms with Gasteiger partial charge in [-0.25, -0.2) is 0 Å². The van der Waals surface area contributed by atoms with Crippen molar-refractivity contribution in [2.24, 2.45) is 0 Å². The number of aromatic nitrogens is 1. The molecule has 0 bridgehead atoms. The van der Waals surface area contributed by atoms with Crippen LogP contribution in [0.15, 0.2) is 59.3 Å². The highest BCUT2D eigenvalue weighted by atomic mass is 35.5. The molecule has 4 N–H and O–H groups in total. The Hall–Kier alpha value is -2.57. The highest BCUT2D eigenvalue weighted by Crippen LogP contribution is 2.30. The lowest BCUT2D eigenvalue weighted by atomic mass is 10.1. The van der Waals surface area contributed by atoms with Gasteiger partial charge in [0.1, 0.15) is 0 Å². The molecule has 0 saturated heterocycles. The van der Waals surface area contributed by atoms with E-state index in [4.69, 9.17) is 34.1 Å². The van der Waals surface area contributed by atoms with E-state index >= 15 is 0 Å². The zero-order valence-electron chi connectivity index (χ0n) is 11.9. The van der Waals surface area contributed by atoms with Crippen molar-refractivity contribution in [2.75, 3.05) is 16.4 Å². The van der Waals surface area contributed by atoms with Crippen LogP contribution in [0.25, 0.3) is 11.3 Å². The lowest BCUT2D eigenvalue weighted by molar-refractivity contribution is 0.432. The van der Waals surface area contributed by atoms with Crippen molar-refractivity contribution in [2.45, 2.75) is 0 Å². The average Bonchev–Trinajstić information content (AvgIpc) is 3.04. The number of thiocarbonyl (C=S) groups is 1. The fraction of sp³-hybridized carbons (Fsp3) is 0. The van der Waals surface area contributed by atoms with E-state index in [2.05, 4.69) is 15.8 Å². The summed E-state index contributed by atoms with van der Waals surface area (Å²) >= 11 is 11.6. The number of nitrogen functional groups attached to an aromatic ring is 1. The van der Waals surface area contributed by atoms with E-state index in [1.165, 1.54) is 0 Å². The third kappa shape index (κ3) is 3.80. The molecule has 1 heterocycles. The fourth-order valence-electron chi connectivity index (χ4n) is 2.01. The maximum absolute atomic E-state index is 6.28. The quantitative estimate of drug-likeness (QED) is 0.483. The van der Waals surface area contributed by atoms with E-state index in [1.807, 2.05) is 24.3 Å². The molecule has 3 rings (SSSR count). The van der Waals surface area contributed by atoms with Crippen LogP contribution in [0.4, 0.5) is 17.1 Å². The highest BCUT2D eigenvalue weighted by molar-refractivity contribution is 7.80. The lowest BCUT2D eigenvalue weighted by Gasteiger charge is -2.11. The first-order valence-corrected chi connectivity index (χ1v) is 7.54. The normalized spacial score (nSPS) is 10.3. The van der Waals surface area contributed by atoms with Crippen molar-refractivity contribution in [3.8, 4) is 11.3 Å². The highest BCUT2D eigenvalue weighted by Gasteiger charge is 2.08. The van der Waals surface area contributed by atoms with Crippen LogP contribution >= 0.6 is 23.8 Å². The van der Waals surface area contributed by atoms with Crippen LogP contribution in [-0.4, -0.2) is 10.3 Å². The topological polar surface area (TPSA) is 76.1 Å². The van der Waals surface area contributed by atoms with Gasteiger partial charge in [-0.05, 0) is 54.7 Å². The predicted octanol–water partition coefficient (Wildman–Crippen LogP) is 4.39. The van der Waals surface area contributed by atoms with Gasteiger partial charge in [0.05, 0.1) is 11.2 Å². The molecule has 0 saturated carbocycles. The largest absolute Gasteiger partial charge is 0.399 e. The van der Waals surface area contributed by atoms with Gasteiger partial charge in [0.2, 0.25) is 0 Å². The van der Waals surface area contributed by atoms with Gasteiger partial charge in [0.25, 0.3) is 0 Å². The summed E-state index contributed by atoms with van der Waals surface area (Å²) in [5.74, 6) is 0.615. The molecule has 7 heteroatoms. The minimum atomic E-state index is 0.457. The first-order valence-electron chi connectivity index (χ1n) is 6.76. The van der Waals surface area contributed by atoms with Crippen LogP contribution in [-0.2, 0) is 0 Å². The number of nitrogens with one attached hydrogen (secondary N) is 2. The zero-order valence-corrected chi connectivity index (χ0v) is 13.5. The molecule has 0 aliphatic heterocycles. The van der Waals surface area contributed by atoms with Crippen molar-refractivity contribution in [3.63, 3.8) is 0 Å². The monoisotopic (exact) mass is 344 g/mol. The number of anilines is 3. The molecule has 0 radical (unpaired) electrons. The van der Waals surface area contributed by atoms with E-state index in [0.717, 1.165) is 16.9 Å². The second kappa shape index (κ2) is 6.68. The number of benzene rings is 2. The molecule has 0 aliphatic carbocycles. The molecule has 3 aromatic rings. The van der Waals surface area contributed by atoms with Gasteiger partial charge < -0.3 is 20.9 Å². The van der Waals surface area contributed by atoms with Gasteiger partial charge in [-0.2, -0.15) is 0 Å². The van der Waals surface area contributed by atoms with Crippen molar-refractivity contribution in [1.29, 1.82) is 0 Å². The molecular weight excluding hydrogens is 332 g/mol. The molecule has 0 atom stereocenters. The average molecular weight is 345 g/mol. The number of halogens is 1. The van der Waals surface area contributed by atoms with Crippen molar-refractivity contribution in [1.82, 2.24) is 5.16 Å². The van der Waals surface area contributed by atoms with E-state index < -0.39 is 0 Å². The third-order valence-corrected chi connectivity index (χ3v) is 3.62. The summed E-state index contributed by atoms with van der Waals surface area (Å²) < 4.78 is 5.11. The minimum absolute atomic E-state index is 0.457. The Kier molecular flexibility index (Phi) is 4.45. The summed E-state index contributed by atoms with van der Waals surface area (Å²) in [6, 6.07) is 14.5. The predicted molar refractivity (Wildman–Crippen MR) is 97.6 cm³/mol. The molecule has 23 heavy (non-hydrogen) atoms. The fourth-order valence-corrected chi connectivity index (χ4v) is 2.52. The standard InChI is InChI=1S/C16H13ClN4OS/c17-14-9-12(5-6-13(14)15-7-8-19-22-15)21-16(23)20-11-3-1-10(18)2-4-11/h1-9H,18H2,(H2,20,21,23). The molecule has 0 aliphatic rings. The second-order valence-electron chi connectivity index (χ2n) is 4.77. The maximum Gasteiger partial charge on any atom is 0.175 e. The van der Waals surface area contributed by atoms with Crippen LogP contribution in [0.1, 0.15) is 0 Å². The van der Waals surface area contributed by atoms with Crippen molar-refractivity contribution < 1.29 is 4.52 Å². The molecule has 0 fully saturated rings. The molecule has 0 amide bonds. The Labute approximate surface area is 143 Å². The van der Waals surface area contributed by atoms with Gasteiger partial charge in [-0.15, -0.1) is 0 Å². The molecule has 2 aromatic carbocycles. The van der Waals surface area contributed by atoms with Gasteiger partial charge in [0.15, 0.2) is 10.9 Å². The van der Waals surface area contributed by atoms with E-state index in [1.54, 1.807) is 30.5 Å². The van der Waals surface area contributed by atoms with Gasteiger partial charge in [-0.3, -0.25) is 0 Å². The van der Waals surface area contributed by atoms with Crippen molar-refractivity contribution >= 4 is 46.0 Å². The van der Waals surface area contributed by atoms with Crippen LogP contribution < -0.4 is 16.4 Å². The summed E-state index contributed by atoms with van der Waals surface area (Å²) in [4.78, 5) is 0. The summed E-state index contributed by atoms with van der Waals surface area (Å²) in [6.45, 7) is 0. The second-order valence-corrected chi connectivity index (χ2v) is 5.59. The number of hydrogen-bond donors (Lipinski definition) is 3. The van der Waals surface area contributed by atoms with E-state index in [-0.39, 0.29) is 0 Å². The lowest BCUT2D eigenvalue weighted by Crippen LogP contribution is -2.19. The smallest absolute Gasteiger partial charge is 0.175 e. The molecule has 1 aromatic heterocycles. The SMILES string of the molecule is Nc1ccc(NC(=S)Nc2ccc(-c3ccno3)c(Cl)c2)cc1. The summed E-state index contributed by atoms with van der Waals surface area (Å²) in [6.07, 6.45) is 1.57. The first kappa shape index (κ1) is 15.3. The number of nitrogens with two attached hydrogens (primary N) is 1. The Bertz CT molecular complexity index is 819. The molecule has 0 unspecified atom stereocenters. The van der Waals surface area contributed by atoms with E-state index in [0.29, 0.717) is 21.6 Å². The van der Waals surface area contributed by atoms with Gasteiger partial charge in [-0.1, -0.05) is 16.8 Å². The van der Waals surface area contributed by atoms with Crippen molar-refractivity contribution in [3.05, 3.63) is 59.8 Å². The number of nitrogens with zero attached hydrogens (tertiary/aromatic N) is 1. The summed E-state index contributed by atoms with van der Waals surface area (Å²) in [5.41, 5.74) is 8.74. The van der Waals surface area contributed by atoms with Gasteiger partial charge >= 0.3 is 0 Å². The number of rotatable bonds is 3. The zero-order chi connectivity index (χ0) is 16.2. The minimum Gasteiger partial charge on any atom is -0.399 e. The molecular formula is C16H13ClN4OS. The first-order chi connectivity index (χ1) is 11.1. The molecule has 5 nitrogen and oxygen atoms in total. The van der Waals surface area contributed by atoms with Crippen LogP contribution in [0.3, 0.4) is 0 Å². The summed E-state index contributed by atoms with van der Waals surface area (Å²) in [5, 5.41) is 10.8. The van der Waals surface area contributed by atoms with Crippen LogP contribution in [0, 0.1) is 0 Å². The Balaban J connectivity index is 1.69. The van der Waals surface area contributed by atoms with E-state index in [9.17, 15) is 0 Å². The Morgan fingerprint density at radius 3 is 2.39 bits per heavy atom. The van der Waals surface area contributed by atoms with Crippen LogP contribution in [0.2, 0.25) is 5.02 Å². The van der Waals surface area contributed by atoms with Gasteiger partial charge in [0, 0.05) is 28.7 Å². The Morgan fingerprint density at radius 2 is 1.74 bits per heavy atom.